The van der Waals surface area contributed by atoms with Crippen molar-refractivity contribution in [2.45, 2.75) is 153 Å². The van der Waals surface area contributed by atoms with Crippen molar-refractivity contribution >= 4 is 46.4 Å². The Balaban J connectivity index is 0.000000359. The van der Waals surface area contributed by atoms with Gasteiger partial charge in [-0.2, -0.15) is 0 Å². The van der Waals surface area contributed by atoms with E-state index in [0.717, 1.165) is 24.2 Å². The molecule has 0 amide bonds. The summed E-state index contributed by atoms with van der Waals surface area (Å²) in [6.07, 6.45) is 49.5. The van der Waals surface area contributed by atoms with Crippen LogP contribution in [0.2, 0.25) is 0 Å². The Kier molecular flexibility index (Phi) is 30.3. The summed E-state index contributed by atoms with van der Waals surface area (Å²) < 4.78 is 9.42. The summed E-state index contributed by atoms with van der Waals surface area (Å²) in [6.45, 7) is 0. The summed E-state index contributed by atoms with van der Waals surface area (Å²) in [5.74, 6) is 0. The van der Waals surface area contributed by atoms with E-state index in [1.165, 1.54) is 154 Å². The van der Waals surface area contributed by atoms with Gasteiger partial charge in [-0.3, -0.25) is 5.10 Å². The SMILES string of the molecule is ClCCl.ClCCl.[Cu+].[Cu+].[c-]1n(C2CCCCC2)cc[n+]1C1CCCCC1.[c-]1n(C2CCCCC2)cc[n+]1C1CCCCC1.c1nc[n-]n1.c1nnc[n-]1. The van der Waals surface area contributed by atoms with Gasteiger partial charge in [-0.1, -0.05) is 32.0 Å². The third kappa shape index (κ3) is 20.0. The maximum Gasteiger partial charge on any atom is 1.00 e. The van der Waals surface area contributed by atoms with E-state index in [2.05, 4.69) is 86.1 Å². The van der Waals surface area contributed by atoms with Gasteiger partial charge in [0.2, 0.25) is 12.7 Å². The van der Waals surface area contributed by atoms with Gasteiger partial charge >= 0.3 is 34.1 Å². The Morgan fingerprint density at radius 1 is 0.558 bits per heavy atom. The monoisotopic (exact) mass is 894 g/mol. The van der Waals surface area contributed by atoms with E-state index in [9.17, 15) is 0 Å². The fourth-order valence-corrected chi connectivity index (χ4v) is 7.24. The zero-order chi connectivity index (χ0) is 35.5. The zero-order valence-corrected chi connectivity index (χ0v) is 35.0. The molecule has 0 saturated heterocycles. The van der Waals surface area contributed by atoms with Crippen molar-refractivity contribution in [3.63, 3.8) is 0 Å². The summed E-state index contributed by atoms with van der Waals surface area (Å²) in [4.78, 5) is 7.00. The van der Waals surface area contributed by atoms with Crippen LogP contribution in [0.25, 0.3) is 0 Å². The molecule has 4 aliphatic carbocycles. The van der Waals surface area contributed by atoms with E-state index in [1.54, 1.807) is 0 Å². The minimum Gasteiger partial charge on any atom is -0.432 e. The molecule has 300 valence electrons. The third-order valence-electron chi connectivity index (χ3n) is 9.72. The van der Waals surface area contributed by atoms with E-state index >= 15 is 0 Å². The van der Waals surface area contributed by atoms with E-state index in [4.69, 9.17) is 46.4 Å². The fourth-order valence-electron chi connectivity index (χ4n) is 7.24. The maximum atomic E-state index is 4.76. The first-order chi connectivity index (χ1) is 24.7. The molecule has 0 aliphatic heterocycles. The molecule has 8 rings (SSSR count). The molecule has 4 aromatic rings. The number of halogens is 4. The summed E-state index contributed by atoms with van der Waals surface area (Å²) in [7, 11) is 0. The van der Waals surface area contributed by atoms with Gasteiger partial charge in [0.1, 0.15) is 0 Å². The summed E-state index contributed by atoms with van der Waals surface area (Å²) >= 11 is 19.1. The second-order valence-electron chi connectivity index (χ2n) is 13.0. The molecule has 4 aromatic heterocycles. The average Bonchev–Trinajstić information content (AvgIpc) is 4.03. The van der Waals surface area contributed by atoms with Crippen LogP contribution in [0.15, 0.2) is 50.1 Å². The van der Waals surface area contributed by atoms with E-state index in [-0.39, 0.29) is 44.8 Å². The molecular weight excluding hydrogens is 841 g/mol. The summed E-state index contributed by atoms with van der Waals surface area (Å²) in [5.41, 5.74) is 0. The Bertz CT molecular complexity index is 1070. The molecule has 4 fully saturated rings. The number of imidazole rings is 2. The van der Waals surface area contributed by atoms with Gasteiger partial charge in [-0.25, -0.2) is 0 Å². The molecule has 0 aromatic carbocycles. The zero-order valence-electron chi connectivity index (χ0n) is 30.1. The van der Waals surface area contributed by atoms with Crippen LogP contribution in [0.1, 0.15) is 153 Å². The predicted molar refractivity (Wildman–Crippen MR) is 199 cm³/mol. The molecule has 0 radical (unpaired) electrons. The van der Waals surface area contributed by atoms with Crippen molar-refractivity contribution < 1.29 is 43.3 Å². The van der Waals surface area contributed by atoms with Crippen LogP contribution in [0.4, 0.5) is 0 Å². The van der Waals surface area contributed by atoms with E-state index in [1.807, 2.05) is 0 Å². The molecular formula is C36H56Cl4Cu2N10. The standard InChI is InChI=1S/2C15H24N2.2C2H2N3.2CH2Cl2.2Cu/c2*1-3-7-14(8-4-1)16-11-12-17(13-16)15-9-5-2-6-10-15;2*1-3-2-5-4-1;2*2-1-3;;/h2*11-12,14-15H,1-10H2;2*1-2H;2*1H2;;/q;;2*-1;;;2*+1. The van der Waals surface area contributed by atoms with Crippen LogP contribution >= 0.6 is 46.4 Å². The van der Waals surface area contributed by atoms with Crippen molar-refractivity contribution in [2.24, 2.45) is 0 Å². The van der Waals surface area contributed by atoms with Gasteiger partial charge in [0, 0.05) is 6.33 Å². The average molecular weight is 898 g/mol. The summed E-state index contributed by atoms with van der Waals surface area (Å²) in [6, 6.07) is 2.92. The van der Waals surface area contributed by atoms with Crippen molar-refractivity contribution in [3.05, 3.63) is 62.8 Å². The first-order valence-corrected chi connectivity index (χ1v) is 20.6. The van der Waals surface area contributed by atoms with Gasteiger partial charge < -0.3 is 43.5 Å². The predicted octanol–water partition coefficient (Wildman–Crippen LogP) is 8.88. The van der Waals surface area contributed by atoms with Gasteiger partial charge in [-0.05, 0) is 140 Å². The van der Waals surface area contributed by atoms with Crippen LogP contribution in [0.3, 0.4) is 0 Å². The molecule has 0 spiro atoms. The molecule has 10 nitrogen and oxygen atoms in total. The van der Waals surface area contributed by atoms with Gasteiger partial charge in [0.25, 0.3) is 0 Å². The Morgan fingerprint density at radius 3 is 1.19 bits per heavy atom. The van der Waals surface area contributed by atoms with Crippen molar-refractivity contribution in [3.8, 4) is 0 Å². The Hall–Kier alpha value is -1.10. The Labute approximate surface area is 352 Å². The second kappa shape index (κ2) is 32.2. The molecule has 0 bridgehead atoms. The van der Waals surface area contributed by atoms with Crippen molar-refractivity contribution in [1.82, 2.24) is 39.5 Å². The number of nitrogens with zero attached hydrogens (tertiary/aromatic N) is 10. The molecule has 4 aliphatic rings. The molecule has 0 atom stereocenters. The number of hydrogen-bond acceptors (Lipinski definition) is 4. The Morgan fingerprint density at radius 2 is 0.923 bits per heavy atom. The number of alkyl halides is 4. The minimum atomic E-state index is 0. The number of rotatable bonds is 4. The first kappa shape index (κ1) is 48.9. The van der Waals surface area contributed by atoms with Crippen molar-refractivity contribution in [1.29, 1.82) is 0 Å². The van der Waals surface area contributed by atoms with Crippen LogP contribution in [-0.2, 0) is 34.1 Å². The second-order valence-corrected chi connectivity index (χ2v) is 14.6. The van der Waals surface area contributed by atoms with Crippen LogP contribution in [0.5, 0.6) is 0 Å². The fraction of sp³-hybridized carbons (Fsp3) is 0.722. The largest absolute Gasteiger partial charge is 1.00 e. The minimum absolute atomic E-state index is 0. The van der Waals surface area contributed by atoms with Gasteiger partial charge in [-0.15, -0.1) is 46.4 Å². The van der Waals surface area contributed by atoms with Crippen LogP contribution < -0.4 is 19.2 Å². The number of hydrogen-bond donors (Lipinski definition) is 0. The molecule has 0 unspecified atom stereocenters. The van der Waals surface area contributed by atoms with Crippen LogP contribution in [-0.4, -0.2) is 40.1 Å². The quantitative estimate of drug-likeness (QED) is 0.0880. The summed E-state index contributed by atoms with van der Waals surface area (Å²) in [5, 5.41) is 13.8. The van der Waals surface area contributed by atoms with E-state index < -0.39 is 0 Å². The molecule has 16 heteroatoms. The third-order valence-corrected chi connectivity index (χ3v) is 9.72. The van der Waals surface area contributed by atoms with Crippen molar-refractivity contribution in [2.75, 3.05) is 10.7 Å². The number of aromatic nitrogens is 10. The first-order valence-electron chi connectivity index (χ1n) is 18.4. The molecule has 0 N–H and O–H groups in total. The van der Waals surface area contributed by atoms with Crippen LogP contribution in [0, 0.1) is 12.7 Å². The smallest absolute Gasteiger partial charge is 0.432 e. The van der Waals surface area contributed by atoms with Gasteiger partial charge in [0.05, 0.1) is 34.8 Å². The van der Waals surface area contributed by atoms with Gasteiger partial charge in [0.15, 0.2) is 0 Å². The molecule has 4 saturated carbocycles. The normalized spacial score (nSPS) is 17.9. The van der Waals surface area contributed by atoms with E-state index in [0.29, 0.717) is 0 Å². The maximum absolute atomic E-state index is 4.76. The topological polar surface area (TPSA) is 97.4 Å². The molecule has 52 heavy (non-hydrogen) atoms. The molecule has 4 heterocycles.